The fourth-order valence-corrected chi connectivity index (χ4v) is 1.80. The van der Waals surface area contributed by atoms with Crippen LogP contribution in [0.2, 0.25) is 0 Å². The van der Waals surface area contributed by atoms with Crippen LogP contribution in [0.4, 0.5) is 8.78 Å². The number of nitrogens with zero attached hydrogens (tertiary/aromatic N) is 1. The third-order valence-corrected chi connectivity index (χ3v) is 2.89. The minimum atomic E-state index is -0.553. The molecule has 0 bridgehead atoms. The van der Waals surface area contributed by atoms with Crippen LogP contribution in [0.5, 0.6) is 0 Å². The molecule has 1 aromatic carbocycles. The Morgan fingerprint density at radius 1 is 1.28 bits per heavy atom. The maximum absolute atomic E-state index is 13.1. The molecule has 1 aromatic rings. The van der Waals surface area contributed by atoms with Gasteiger partial charge in [0.1, 0.15) is 11.6 Å². The van der Waals surface area contributed by atoms with E-state index in [1.54, 1.807) is 0 Å². The molecule has 0 heterocycles. The van der Waals surface area contributed by atoms with Gasteiger partial charge in [0.05, 0.1) is 4.99 Å². The molecule has 18 heavy (non-hydrogen) atoms. The van der Waals surface area contributed by atoms with Gasteiger partial charge in [0, 0.05) is 31.6 Å². The largest absolute Gasteiger partial charge is 0.393 e. The molecule has 2 nitrogen and oxygen atoms in total. The van der Waals surface area contributed by atoms with Crippen molar-refractivity contribution in [2.45, 2.75) is 32.9 Å². The number of rotatable bonds is 6. The molecule has 0 aliphatic heterocycles. The summed E-state index contributed by atoms with van der Waals surface area (Å²) < 4.78 is 26.2. The van der Waals surface area contributed by atoms with Crippen molar-refractivity contribution in [3.63, 3.8) is 0 Å². The van der Waals surface area contributed by atoms with Crippen molar-refractivity contribution >= 4 is 17.2 Å². The lowest BCUT2D eigenvalue weighted by atomic mass is 10.1. The van der Waals surface area contributed by atoms with Crippen molar-refractivity contribution in [3.05, 3.63) is 35.4 Å². The SMILES string of the molecule is CC(C)N(CCC(N)=S)Cc1cc(F)cc(F)c1. The average Bonchev–Trinajstić information content (AvgIpc) is 2.22. The molecule has 0 saturated carbocycles. The van der Waals surface area contributed by atoms with Crippen LogP contribution in [0.25, 0.3) is 0 Å². The van der Waals surface area contributed by atoms with Gasteiger partial charge in [0.2, 0.25) is 0 Å². The zero-order valence-corrected chi connectivity index (χ0v) is 11.4. The molecule has 0 aliphatic carbocycles. The molecular weight excluding hydrogens is 254 g/mol. The minimum absolute atomic E-state index is 0.255. The first-order valence-corrected chi connectivity index (χ1v) is 6.26. The lowest BCUT2D eigenvalue weighted by Crippen LogP contribution is -2.33. The molecule has 0 amide bonds. The molecule has 1 rings (SSSR count). The van der Waals surface area contributed by atoms with Gasteiger partial charge >= 0.3 is 0 Å². The van der Waals surface area contributed by atoms with E-state index in [4.69, 9.17) is 18.0 Å². The molecule has 0 unspecified atom stereocenters. The van der Waals surface area contributed by atoms with Crippen molar-refractivity contribution in [2.24, 2.45) is 5.73 Å². The van der Waals surface area contributed by atoms with Gasteiger partial charge in [0.15, 0.2) is 0 Å². The van der Waals surface area contributed by atoms with Gasteiger partial charge < -0.3 is 5.73 Å². The summed E-state index contributed by atoms with van der Waals surface area (Å²) in [5.41, 5.74) is 6.08. The second kappa shape index (κ2) is 6.75. The summed E-state index contributed by atoms with van der Waals surface area (Å²) in [5.74, 6) is -1.11. The number of nitrogens with two attached hydrogens (primary N) is 1. The van der Waals surface area contributed by atoms with Gasteiger partial charge in [-0.15, -0.1) is 0 Å². The second-order valence-electron chi connectivity index (χ2n) is 4.56. The monoisotopic (exact) mass is 272 g/mol. The molecule has 0 fully saturated rings. The zero-order valence-electron chi connectivity index (χ0n) is 10.6. The van der Waals surface area contributed by atoms with E-state index in [-0.39, 0.29) is 6.04 Å². The molecule has 100 valence electrons. The summed E-state index contributed by atoms with van der Waals surface area (Å²) in [6, 6.07) is 3.82. The Morgan fingerprint density at radius 2 is 1.83 bits per heavy atom. The van der Waals surface area contributed by atoms with E-state index in [0.717, 1.165) is 6.07 Å². The van der Waals surface area contributed by atoms with Crippen molar-refractivity contribution in [1.29, 1.82) is 0 Å². The van der Waals surface area contributed by atoms with E-state index >= 15 is 0 Å². The predicted octanol–water partition coefficient (Wildman–Crippen LogP) is 2.85. The van der Waals surface area contributed by atoms with E-state index in [1.807, 2.05) is 13.8 Å². The molecule has 5 heteroatoms. The quantitative estimate of drug-likeness (QED) is 0.807. The van der Waals surface area contributed by atoms with Gasteiger partial charge in [-0.2, -0.15) is 0 Å². The number of benzene rings is 1. The van der Waals surface area contributed by atoms with Crippen LogP contribution in [0, 0.1) is 11.6 Å². The maximum Gasteiger partial charge on any atom is 0.126 e. The second-order valence-corrected chi connectivity index (χ2v) is 5.08. The highest BCUT2D eigenvalue weighted by atomic mass is 32.1. The standard InChI is InChI=1S/C13H18F2N2S/c1-9(2)17(4-3-13(16)18)8-10-5-11(14)7-12(15)6-10/h5-7,9H,3-4,8H2,1-2H3,(H2,16,18). The molecule has 0 aromatic heterocycles. The van der Waals surface area contributed by atoms with Crippen LogP contribution in [0.3, 0.4) is 0 Å². The first-order chi connectivity index (χ1) is 8.38. The summed E-state index contributed by atoms with van der Waals surface area (Å²) in [4.78, 5) is 2.53. The highest BCUT2D eigenvalue weighted by Gasteiger charge is 2.11. The predicted molar refractivity (Wildman–Crippen MR) is 73.3 cm³/mol. The van der Waals surface area contributed by atoms with Crippen molar-refractivity contribution in [2.75, 3.05) is 6.54 Å². The fourth-order valence-electron chi connectivity index (χ4n) is 1.71. The summed E-state index contributed by atoms with van der Waals surface area (Å²) in [7, 11) is 0. The van der Waals surface area contributed by atoms with Gasteiger partial charge in [-0.1, -0.05) is 12.2 Å². The summed E-state index contributed by atoms with van der Waals surface area (Å²) in [6.07, 6.45) is 0.602. The normalized spacial score (nSPS) is 11.2. The average molecular weight is 272 g/mol. The highest BCUT2D eigenvalue weighted by Crippen LogP contribution is 2.12. The minimum Gasteiger partial charge on any atom is -0.393 e. The smallest absolute Gasteiger partial charge is 0.126 e. The van der Waals surface area contributed by atoms with Crippen LogP contribution in [-0.2, 0) is 6.54 Å². The van der Waals surface area contributed by atoms with Crippen molar-refractivity contribution in [1.82, 2.24) is 4.90 Å². The fraction of sp³-hybridized carbons (Fsp3) is 0.462. The van der Waals surface area contributed by atoms with E-state index in [0.29, 0.717) is 30.1 Å². The van der Waals surface area contributed by atoms with Gasteiger partial charge in [0.25, 0.3) is 0 Å². The first-order valence-electron chi connectivity index (χ1n) is 5.86. The van der Waals surface area contributed by atoms with Gasteiger partial charge in [-0.05, 0) is 31.5 Å². The molecule has 0 radical (unpaired) electrons. The number of halogens is 2. The Hall–Kier alpha value is -1.07. The number of hydrogen-bond acceptors (Lipinski definition) is 2. The van der Waals surface area contributed by atoms with Crippen LogP contribution in [0.15, 0.2) is 18.2 Å². The van der Waals surface area contributed by atoms with Crippen LogP contribution < -0.4 is 5.73 Å². The molecule has 0 saturated heterocycles. The third-order valence-electron chi connectivity index (χ3n) is 2.68. The molecule has 0 aliphatic rings. The first kappa shape index (κ1) is 15.0. The summed E-state index contributed by atoms with van der Waals surface area (Å²) in [5, 5.41) is 0. The van der Waals surface area contributed by atoms with E-state index in [2.05, 4.69) is 4.90 Å². The lowest BCUT2D eigenvalue weighted by Gasteiger charge is -2.26. The van der Waals surface area contributed by atoms with Crippen LogP contribution >= 0.6 is 12.2 Å². The van der Waals surface area contributed by atoms with Crippen LogP contribution in [-0.4, -0.2) is 22.5 Å². The highest BCUT2D eigenvalue weighted by molar-refractivity contribution is 7.80. The lowest BCUT2D eigenvalue weighted by molar-refractivity contribution is 0.219. The third kappa shape index (κ3) is 5.06. The van der Waals surface area contributed by atoms with Crippen molar-refractivity contribution < 1.29 is 8.78 Å². The Labute approximate surface area is 112 Å². The maximum atomic E-state index is 13.1. The van der Waals surface area contributed by atoms with E-state index in [1.165, 1.54) is 12.1 Å². The molecule has 0 atom stereocenters. The molecule has 2 N–H and O–H groups in total. The molecule has 0 spiro atoms. The van der Waals surface area contributed by atoms with Gasteiger partial charge in [-0.3, -0.25) is 4.90 Å². The summed E-state index contributed by atoms with van der Waals surface area (Å²) >= 11 is 4.84. The van der Waals surface area contributed by atoms with Gasteiger partial charge in [-0.25, -0.2) is 8.78 Å². The van der Waals surface area contributed by atoms with E-state index < -0.39 is 11.6 Å². The number of hydrogen-bond donors (Lipinski definition) is 1. The Kier molecular flexibility index (Phi) is 5.62. The summed E-state index contributed by atoms with van der Waals surface area (Å²) in [6.45, 7) is 5.21. The van der Waals surface area contributed by atoms with E-state index in [9.17, 15) is 8.78 Å². The number of thiocarbonyl (C=S) groups is 1. The topological polar surface area (TPSA) is 29.3 Å². The zero-order chi connectivity index (χ0) is 13.7. The molecular formula is C13H18F2N2S. The van der Waals surface area contributed by atoms with Crippen LogP contribution in [0.1, 0.15) is 25.8 Å². The Balaban J connectivity index is 2.73. The Bertz CT molecular complexity index is 401. The van der Waals surface area contributed by atoms with Crippen molar-refractivity contribution in [3.8, 4) is 0 Å². The Morgan fingerprint density at radius 3 is 2.28 bits per heavy atom.